The van der Waals surface area contributed by atoms with Crippen molar-refractivity contribution in [2.24, 2.45) is 5.92 Å². The molecule has 130 valence electrons. The summed E-state index contributed by atoms with van der Waals surface area (Å²) in [6, 6.07) is 0. The Kier molecular flexibility index (Phi) is 3.63. The second-order valence-corrected chi connectivity index (χ2v) is 7.83. The molecule has 1 aromatic heterocycles. The van der Waals surface area contributed by atoms with Crippen molar-refractivity contribution in [1.29, 1.82) is 0 Å². The minimum atomic E-state index is -0.00111. The average Bonchev–Trinajstić information content (AvgIpc) is 3.27. The highest BCUT2D eigenvalue weighted by atomic mass is 16.5. The number of anilines is 1. The fourth-order valence-corrected chi connectivity index (χ4v) is 4.95. The summed E-state index contributed by atoms with van der Waals surface area (Å²) in [4.78, 5) is 13.8. The van der Waals surface area contributed by atoms with Crippen LogP contribution in [0.15, 0.2) is 12.4 Å². The molecule has 4 aliphatic heterocycles. The Balaban J connectivity index is 1.26. The lowest BCUT2D eigenvalue weighted by Crippen LogP contribution is -2.61. The summed E-state index contributed by atoms with van der Waals surface area (Å²) < 4.78 is 12.3. The standard InChI is InChI=1S/C18H26N4O2/c1-2-4-15(3-1)24-16-9-19-17(20-10-16)22-12-18(23-13-22)11-21-7-5-14(18)6-8-21/h9-10,14-15H,1-8,11-13H2/t18-/m1/s1. The Hall–Kier alpha value is -1.40. The van der Waals surface area contributed by atoms with Crippen molar-refractivity contribution in [2.45, 2.75) is 50.2 Å². The van der Waals surface area contributed by atoms with Gasteiger partial charge in [-0.25, -0.2) is 9.97 Å². The minimum absolute atomic E-state index is 0.00111. The van der Waals surface area contributed by atoms with E-state index < -0.39 is 0 Å². The lowest BCUT2D eigenvalue weighted by molar-refractivity contribution is -0.116. The lowest BCUT2D eigenvalue weighted by Gasteiger charge is -2.50. The van der Waals surface area contributed by atoms with E-state index in [2.05, 4.69) is 19.8 Å². The third-order valence-corrected chi connectivity index (χ3v) is 6.29. The smallest absolute Gasteiger partial charge is 0.227 e. The van der Waals surface area contributed by atoms with Crippen LogP contribution in [0, 0.1) is 5.92 Å². The molecule has 2 bridgehead atoms. The van der Waals surface area contributed by atoms with E-state index >= 15 is 0 Å². The van der Waals surface area contributed by atoms with Gasteiger partial charge in [-0.05, 0) is 57.5 Å². The highest BCUT2D eigenvalue weighted by Gasteiger charge is 2.52. The van der Waals surface area contributed by atoms with Crippen LogP contribution in [0.1, 0.15) is 38.5 Å². The van der Waals surface area contributed by atoms with Crippen LogP contribution in [0.4, 0.5) is 5.95 Å². The highest BCUT2D eigenvalue weighted by Crippen LogP contribution is 2.42. The molecular formula is C18H26N4O2. The highest BCUT2D eigenvalue weighted by molar-refractivity contribution is 5.34. The number of rotatable bonds is 3. The zero-order valence-electron chi connectivity index (χ0n) is 14.2. The average molecular weight is 330 g/mol. The predicted octanol–water partition coefficient (Wildman–Crippen LogP) is 2.06. The molecule has 24 heavy (non-hydrogen) atoms. The van der Waals surface area contributed by atoms with Crippen LogP contribution < -0.4 is 9.64 Å². The van der Waals surface area contributed by atoms with E-state index in [0.29, 0.717) is 18.8 Å². The molecule has 1 aromatic rings. The Morgan fingerprint density at radius 2 is 1.79 bits per heavy atom. The van der Waals surface area contributed by atoms with Crippen molar-refractivity contribution in [3.63, 3.8) is 0 Å². The van der Waals surface area contributed by atoms with Crippen molar-refractivity contribution in [2.75, 3.05) is 37.8 Å². The zero-order chi connectivity index (χ0) is 16.0. The first-order chi connectivity index (χ1) is 11.8. The molecule has 5 aliphatic rings. The van der Waals surface area contributed by atoms with Crippen LogP contribution in [-0.4, -0.2) is 59.5 Å². The normalized spacial score (nSPS) is 35.9. The van der Waals surface area contributed by atoms with Crippen LogP contribution in [0.5, 0.6) is 5.75 Å². The fraction of sp³-hybridized carbons (Fsp3) is 0.778. The fourth-order valence-electron chi connectivity index (χ4n) is 4.95. The van der Waals surface area contributed by atoms with Gasteiger partial charge in [0.25, 0.3) is 0 Å². The van der Waals surface area contributed by atoms with Gasteiger partial charge in [0.15, 0.2) is 5.75 Å². The van der Waals surface area contributed by atoms with Crippen LogP contribution in [0.3, 0.4) is 0 Å². The Morgan fingerprint density at radius 3 is 2.46 bits per heavy atom. The van der Waals surface area contributed by atoms with Gasteiger partial charge in [-0.3, -0.25) is 0 Å². The summed E-state index contributed by atoms with van der Waals surface area (Å²) >= 11 is 0. The van der Waals surface area contributed by atoms with Gasteiger partial charge >= 0.3 is 0 Å². The van der Waals surface area contributed by atoms with Gasteiger partial charge in [0.2, 0.25) is 5.95 Å². The first kappa shape index (κ1) is 14.9. The Labute approximate surface area is 143 Å². The number of fused-ring (bicyclic) bond motifs is 2. The summed E-state index contributed by atoms with van der Waals surface area (Å²) in [5.41, 5.74) is -0.00111. The maximum atomic E-state index is 6.29. The summed E-state index contributed by atoms with van der Waals surface area (Å²) in [6.45, 7) is 5.06. The van der Waals surface area contributed by atoms with E-state index in [-0.39, 0.29) is 5.60 Å². The second-order valence-electron chi connectivity index (χ2n) is 7.83. The molecule has 6 heteroatoms. The lowest BCUT2D eigenvalue weighted by atomic mass is 9.75. The zero-order valence-corrected chi connectivity index (χ0v) is 14.2. The number of aromatic nitrogens is 2. The maximum absolute atomic E-state index is 6.29. The quantitative estimate of drug-likeness (QED) is 0.845. The van der Waals surface area contributed by atoms with E-state index in [1.54, 1.807) is 0 Å². The second kappa shape index (κ2) is 5.85. The molecule has 0 unspecified atom stereocenters. The molecule has 0 amide bonds. The van der Waals surface area contributed by atoms with Gasteiger partial charge in [-0.15, -0.1) is 0 Å². The Morgan fingerprint density at radius 1 is 1.04 bits per heavy atom. The van der Waals surface area contributed by atoms with E-state index in [9.17, 15) is 0 Å². The molecular weight excluding hydrogens is 304 g/mol. The van der Waals surface area contributed by atoms with Gasteiger partial charge in [-0.1, -0.05) is 0 Å². The molecule has 1 spiro atoms. The summed E-state index contributed by atoms with van der Waals surface area (Å²) in [6.07, 6.45) is 11.4. The molecule has 0 aromatic carbocycles. The van der Waals surface area contributed by atoms with Crippen molar-refractivity contribution < 1.29 is 9.47 Å². The summed E-state index contributed by atoms with van der Waals surface area (Å²) in [5.74, 6) is 2.25. The topological polar surface area (TPSA) is 50.7 Å². The van der Waals surface area contributed by atoms with Crippen molar-refractivity contribution >= 4 is 5.95 Å². The van der Waals surface area contributed by atoms with Crippen LogP contribution in [0.25, 0.3) is 0 Å². The Bertz CT molecular complexity index is 581. The van der Waals surface area contributed by atoms with Gasteiger partial charge in [-0.2, -0.15) is 0 Å². The van der Waals surface area contributed by atoms with Crippen molar-refractivity contribution in [1.82, 2.24) is 14.9 Å². The molecule has 1 atom stereocenters. The van der Waals surface area contributed by atoms with E-state index in [4.69, 9.17) is 9.47 Å². The maximum Gasteiger partial charge on any atom is 0.227 e. The predicted molar refractivity (Wildman–Crippen MR) is 90.1 cm³/mol. The largest absolute Gasteiger partial charge is 0.487 e. The van der Waals surface area contributed by atoms with E-state index in [1.165, 1.54) is 38.8 Å². The van der Waals surface area contributed by atoms with Gasteiger partial charge < -0.3 is 19.3 Å². The van der Waals surface area contributed by atoms with Crippen LogP contribution in [0.2, 0.25) is 0 Å². The molecule has 1 saturated carbocycles. The van der Waals surface area contributed by atoms with Crippen LogP contribution in [-0.2, 0) is 4.74 Å². The SMILES string of the molecule is c1nc(N2CO[C@]3(CN4CCC3CC4)C2)ncc1OC1CCCC1. The minimum Gasteiger partial charge on any atom is -0.487 e. The summed E-state index contributed by atoms with van der Waals surface area (Å²) in [5, 5.41) is 0. The van der Waals surface area contributed by atoms with Crippen LogP contribution >= 0.6 is 0 Å². The van der Waals surface area contributed by atoms with E-state index in [1.807, 2.05) is 12.4 Å². The van der Waals surface area contributed by atoms with Crippen molar-refractivity contribution in [3.05, 3.63) is 12.4 Å². The number of piperidine rings is 3. The number of hydrogen-bond donors (Lipinski definition) is 0. The summed E-state index contributed by atoms with van der Waals surface area (Å²) in [7, 11) is 0. The molecule has 6 nitrogen and oxygen atoms in total. The molecule has 0 N–H and O–H groups in total. The molecule has 4 saturated heterocycles. The first-order valence-corrected chi connectivity index (χ1v) is 9.41. The number of hydrogen-bond acceptors (Lipinski definition) is 6. The molecule has 5 heterocycles. The molecule has 6 rings (SSSR count). The first-order valence-electron chi connectivity index (χ1n) is 9.41. The van der Waals surface area contributed by atoms with Gasteiger partial charge in [0.1, 0.15) is 12.3 Å². The van der Waals surface area contributed by atoms with Crippen molar-refractivity contribution in [3.8, 4) is 5.75 Å². The van der Waals surface area contributed by atoms with E-state index in [0.717, 1.165) is 37.6 Å². The molecule has 0 radical (unpaired) electrons. The molecule has 1 aliphatic carbocycles. The number of nitrogens with zero attached hydrogens (tertiary/aromatic N) is 4. The third-order valence-electron chi connectivity index (χ3n) is 6.29. The molecule has 5 fully saturated rings. The van der Waals surface area contributed by atoms with Gasteiger partial charge in [0.05, 0.1) is 25.0 Å². The third kappa shape index (κ3) is 2.56. The number of ether oxygens (including phenoxy) is 2. The monoisotopic (exact) mass is 330 g/mol. The van der Waals surface area contributed by atoms with Gasteiger partial charge in [0, 0.05) is 6.54 Å².